The molecule has 1 saturated heterocycles. The molecular formula is C14H25NO4. The predicted octanol–water partition coefficient (Wildman–Crippen LogP) is 1.65. The monoisotopic (exact) mass is 271 g/mol. The number of carbonyl (C=O) groups excluding carboxylic acids is 2. The predicted molar refractivity (Wildman–Crippen MR) is 71.6 cm³/mol. The van der Waals surface area contributed by atoms with E-state index in [1.54, 1.807) is 6.92 Å². The van der Waals surface area contributed by atoms with Crippen molar-refractivity contribution in [2.75, 3.05) is 6.61 Å². The molecule has 0 bridgehead atoms. The maximum atomic E-state index is 11.9. The van der Waals surface area contributed by atoms with Gasteiger partial charge in [-0.05, 0) is 39.0 Å². The Morgan fingerprint density at radius 2 is 2.21 bits per heavy atom. The molecule has 5 nitrogen and oxygen atoms in total. The van der Waals surface area contributed by atoms with Crippen LogP contribution >= 0.6 is 0 Å². The summed E-state index contributed by atoms with van der Waals surface area (Å²) < 4.78 is 10.9. The van der Waals surface area contributed by atoms with Crippen molar-refractivity contribution in [1.29, 1.82) is 0 Å². The van der Waals surface area contributed by atoms with E-state index in [2.05, 4.69) is 12.2 Å². The molecule has 1 rings (SSSR count). The van der Waals surface area contributed by atoms with Gasteiger partial charge in [-0.2, -0.15) is 0 Å². The van der Waals surface area contributed by atoms with Crippen molar-refractivity contribution < 1.29 is 19.1 Å². The lowest BCUT2D eigenvalue weighted by molar-refractivity contribution is -0.151. The highest BCUT2D eigenvalue weighted by molar-refractivity contribution is 5.78. The first-order valence-corrected chi connectivity index (χ1v) is 7.14. The molecule has 1 fully saturated rings. The minimum Gasteiger partial charge on any atom is -0.464 e. The average molecular weight is 271 g/mol. The first kappa shape index (κ1) is 16.0. The summed E-state index contributed by atoms with van der Waals surface area (Å²) in [4.78, 5) is 22.6. The molecule has 4 atom stereocenters. The third kappa shape index (κ3) is 4.82. The van der Waals surface area contributed by atoms with Crippen LogP contribution in [-0.4, -0.2) is 37.2 Å². The highest BCUT2D eigenvalue weighted by Gasteiger charge is 2.36. The fraction of sp³-hybridized carbons (Fsp3) is 0.857. The van der Waals surface area contributed by atoms with E-state index in [4.69, 9.17) is 9.47 Å². The van der Waals surface area contributed by atoms with Crippen LogP contribution in [0.2, 0.25) is 0 Å². The molecule has 1 amide bonds. The quantitative estimate of drug-likeness (QED) is 0.565. The Bertz CT molecular complexity index is 295. The standard InChI is InChI=1S/C14H25NO4/c1-4-6-12-8-11(7-10(3)19-12)13(15-9-16)14(17)18-5-2/h9-13H,4-8H2,1-3H3,(H,15,16)/t10-,11+,12?,13+/m1/s1. The number of amides is 1. The van der Waals surface area contributed by atoms with Crippen LogP contribution in [0.1, 0.15) is 46.5 Å². The summed E-state index contributed by atoms with van der Waals surface area (Å²) in [5, 5.41) is 2.61. The molecule has 0 radical (unpaired) electrons. The van der Waals surface area contributed by atoms with Crippen LogP contribution in [0.15, 0.2) is 0 Å². The van der Waals surface area contributed by atoms with Gasteiger partial charge < -0.3 is 14.8 Å². The molecule has 5 heteroatoms. The van der Waals surface area contributed by atoms with E-state index >= 15 is 0 Å². The number of hydrogen-bond donors (Lipinski definition) is 1. The Hall–Kier alpha value is -1.10. The van der Waals surface area contributed by atoms with Gasteiger partial charge >= 0.3 is 5.97 Å². The highest BCUT2D eigenvalue weighted by atomic mass is 16.5. The Labute approximate surface area is 115 Å². The second-order valence-corrected chi connectivity index (χ2v) is 5.10. The number of hydrogen-bond acceptors (Lipinski definition) is 4. The summed E-state index contributed by atoms with van der Waals surface area (Å²) in [6.07, 6.45) is 4.46. The van der Waals surface area contributed by atoms with Gasteiger partial charge in [0.15, 0.2) is 0 Å². The van der Waals surface area contributed by atoms with Crippen molar-refractivity contribution in [1.82, 2.24) is 5.32 Å². The third-order valence-electron chi connectivity index (χ3n) is 3.50. The molecule has 1 N–H and O–H groups in total. The summed E-state index contributed by atoms with van der Waals surface area (Å²) in [5.74, 6) is -0.256. The van der Waals surface area contributed by atoms with Gasteiger partial charge in [0, 0.05) is 0 Å². The summed E-state index contributed by atoms with van der Waals surface area (Å²) in [7, 11) is 0. The van der Waals surface area contributed by atoms with Crippen molar-refractivity contribution in [3.05, 3.63) is 0 Å². The minimum atomic E-state index is -0.553. The molecule has 110 valence electrons. The summed E-state index contributed by atoms with van der Waals surface area (Å²) in [6, 6.07) is -0.553. The van der Waals surface area contributed by atoms with Gasteiger partial charge in [-0.3, -0.25) is 4.79 Å². The van der Waals surface area contributed by atoms with E-state index in [9.17, 15) is 9.59 Å². The molecule has 19 heavy (non-hydrogen) atoms. The summed E-state index contributed by atoms with van der Waals surface area (Å²) >= 11 is 0. The summed E-state index contributed by atoms with van der Waals surface area (Å²) in [5.41, 5.74) is 0. The number of carbonyl (C=O) groups is 2. The Kier molecular flexibility index (Phi) is 6.84. The van der Waals surface area contributed by atoms with Gasteiger partial charge in [-0.25, -0.2) is 4.79 Å². The molecule has 0 aliphatic carbocycles. The van der Waals surface area contributed by atoms with Crippen LogP contribution in [0, 0.1) is 5.92 Å². The molecule has 0 aromatic heterocycles. The van der Waals surface area contributed by atoms with E-state index in [1.165, 1.54) is 0 Å². The summed E-state index contributed by atoms with van der Waals surface area (Å²) in [6.45, 7) is 6.22. The molecule has 1 aliphatic heterocycles. The lowest BCUT2D eigenvalue weighted by atomic mass is 9.85. The molecule has 1 unspecified atom stereocenters. The van der Waals surface area contributed by atoms with Gasteiger partial charge in [0.2, 0.25) is 6.41 Å². The number of rotatable bonds is 7. The van der Waals surface area contributed by atoms with Gasteiger partial charge in [-0.15, -0.1) is 0 Å². The zero-order chi connectivity index (χ0) is 14.3. The highest BCUT2D eigenvalue weighted by Crippen LogP contribution is 2.30. The Morgan fingerprint density at radius 1 is 1.47 bits per heavy atom. The van der Waals surface area contributed by atoms with Gasteiger partial charge in [0.1, 0.15) is 6.04 Å². The van der Waals surface area contributed by atoms with E-state index in [0.29, 0.717) is 13.0 Å². The Balaban J connectivity index is 2.70. The second-order valence-electron chi connectivity index (χ2n) is 5.10. The molecule has 0 aromatic rings. The number of esters is 1. The minimum absolute atomic E-state index is 0.0875. The zero-order valence-electron chi connectivity index (χ0n) is 12.1. The van der Waals surface area contributed by atoms with Crippen molar-refractivity contribution >= 4 is 12.4 Å². The SMILES string of the molecule is CCCC1C[C@@H]([C@H](NC=O)C(=O)OCC)C[C@@H](C)O1. The number of ether oxygens (including phenoxy) is 2. The fourth-order valence-electron chi connectivity index (χ4n) is 2.78. The zero-order valence-corrected chi connectivity index (χ0v) is 12.1. The van der Waals surface area contributed by atoms with Crippen LogP contribution in [0.5, 0.6) is 0 Å². The van der Waals surface area contributed by atoms with Gasteiger partial charge in [0.05, 0.1) is 18.8 Å². The molecule has 1 heterocycles. The largest absolute Gasteiger partial charge is 0.464 e. The molecule has 0 aromatic carbocycles. The van der Waals surface area contributed by atoms with Crippen LogP contribution in [0.3, 0.4) is 0 Å². The van der Waals surface area contributed by atoms with Crippen molar-refractivity contribution in [3.63, 3.8) is 0 Å². The fourth-order valence-corrected chi connectivity index (χ4v) is 2.78. The molecular weight excluding hydrogens is 246 g/mol. The topological polar surface area (TPSA) is 64.6 Å². The maximum Gasteiger partial charge on any atom is 0.328 e. The molecule has 0 spiro atoms. The third-order valence-corrected chi connectivity index (χ3v) is 3.50. The maximum absolute atomic E-state index is 11.9. The average Bonchev–Trinajstić information content (AvgIpc) is 2.35. The Morgan fingerprint density at radius 3 is 2.79 bits per heavy atom. The first-order chi connectivity index (χ1) is 9.12. The van der Waals surface area contributed by atoms with E-state index in [-0.39, 0.29) is 24.1 Å². The van der Waals surface area contributed by atoms with Crippen molar-refractivity contribution in [2.45, 2.75) is 64.7 Å². The van der Waals surface area contributed by atoms with Crippen LogP contribution in [0.4, 0.5) is 0 Å². The second kappa shape index (κ2) is 8.15. The molecule has 1 aliphatic rings. The van der Waals surface area contributed by atoms with E-state index in [1.807, 2.05) is 6.92 Å². The van der Waals surface area contributed by atoms with Crippen LogP contribution in [-0.2, 0) is 19.1 Å². The van der Waals surface area contributed by atoms with Gasteiger partial charge in [-0.1, -0.05) is 13.3 Å². The smallest absolute Gasteiger partial charge is 0.328 e. The van der Waals surface area contributed by atoms with Crippen LogP contribution < -0.4 is 5.32 Å². The first-order valence-electron chi connectivity index (χ1n) is 7.14. The number of nitrogens with one attached hydrogen (secondary N) is 1. The van der Waals surface area contributed by atoms with Crippen molar-refractivity contribution in [3.8, 4) is 0 Å². The van der Waals surface area contributed by atoms with Crippen molar-refractivity contribution in [2.24, 2.45) is 5.92 Å². The van der Waals surface area contributed by atoms with E-state index in [0.717, 1.165) is 25.7 Å². The molecule has 0 saturated carbocycles. The lowest BCUT2D eigenvalue weighted by Gasteiger charge is -2.36. The normalized spacial score (nSPS) is 28.5. The lowest BCUT2D eigenvalue weighted by Crippen LogP contribution is -2.48. The van der Waals surface area contributed by atoms with Gasteiger partial charge in [0.25, 0.3) is 0 Å². The van der Waals surface area contributed by atoms with Crippen LogP contribution in [0.25, 0.3) is 0 Å². The van der Waals surface area contributed by atoms with E-state index < -0.39 is 6.04 Å².